The fraction of sp³-hybridized carbons (Fsp3) is 0.292. The molecule has 1 fully saturated rings. The highest BCUT2D eigenvalue weighted by atomic mass is 19.1. The van der Waals surface area contributed by atoms with Crippen LogP contribution in [0.15, 0.2) is 57.8 Å². The summed E-state index contributed by atoms with van der Waals surface area (Å²) in [7, 11) is 0. The predicted octanol–water partition coefficient (Wildman–Crippen LogP) is 3.45. The zero-order chi connectivity index (χ0) is 22.8. The molecule has 0 bridgehead atoms. The van der Waals surface area contributed by atoms with Crippen LogP contribution in [-0.2, 0) is 11.2 Å². The monoisotopic (exact) mass is 447 g/mol. The molecule has 1 aliphatic rings. The summed E-state index contributed by atoms with van der Waals surface area (Å²) in [5, 5.41) is 4.51. The van der Waals surface area contributed by atoms with Crippen LogP contribution in [0.25, 0.3) is 22.3 Å². The van der Waals surface area contributed by atoms with Crippen LogP contribution in [0.1, 0.15) is 36.9 Å². The molecular formula is C24H22FN5O3. The van der Waals surface area contributed by atoms with E-state index in [1.165, 1.54) is 12.1 Å². The number of H-pyrrole nitrogens is 1. The summed E-state index contributed by atoms with van der Waals surface area (Å²) in [4.78, 5) is 38.6. The number of hydrogen-bond donors (Lipinski definition) is 1. The highest BCUT2D eigenvalue weighted by Crippen LogP contribution is 2.28. The Bertz CT molecular complexity index is 1370. The lowest BCUT2D eigenvalue weighted by atomic mass is 9.97. The summed E-state index contributed by atoms with van der Waals surface area (Å²) in [5.74, 6) is 0.829. The number of amides is 1. The minimum Gasteiger partial charge on any atom is -0.342 e. The van der Waals surface area contributed by atoms with Crippen molar-refractivity contribution in [3.05, 3.63) is 76.4 Å². The minimum atomic E-state index is -0.365. The van der Waals surface area contributed by atoms with Crippen molar-refractivity contribution in [2.75, 3.05) is 13.1 Å². The van der Waals surface area contributed by atoms with Crippen molar-refractivity contribution in [3.8, 4) is 11.4 Å². The Balaban J connectivity index is 1.24. The molecule has 1 N–H and O–H groups in total. The average Bonchev–Trinajstić information content (AvgIpc) is 3.33. The van der Waals surface area contributed by atoms with Crippen LogP contribution in [0, 0.1) is 5.82 Å². The highest BCUT2D eigenvalue weighted by molar-refractivity contribution is 5.78. The summed E-state index contributed by atoms with van der Waals surface area (Å²) < 4.78 is 18.9. The number of aryl methyl sites for hydroxylation is 1. The summed E-state index contributed by atoms with van der Waals surface area (Å²) in [6.07, 6.45) is 2.24. The van der Waals surface area contributed by atoms with Crippen LogP contribution in [0.5, 0.6) is 0 Å². The van der Waals surface area contributed by atoms with Crippen LogP contribution >= 0.6 is 0 Å². The van der Waals surface area contributed by atoms with Crippen molar-refractivity contribution in [1.29, 1.82) is 0 Å². The van der Waals surface area contributed by atoms with Crippen molar-refractivity contribution in [2.24, 2.45) is 0 Å². The summed E-state index contributed by atoms with van der Waals surface area (Å²) >= 11 is 0. The first-order chi connectivity index (χ1) is 16.1. The third kappa shape index (κ3) is 4.52. The number of aromatic amines is 1. The second-order valence-electron chi connectivity index (χ2n) is 8.18. The Kier molecular flexibility index (Phi) is 5.68. The molecule has 9 heteroatoms. The first-order valence-electron chi connectivity index (χ1n) is 10.9. The molecule has 5 rings (SSSR count). The van der Waals surface area contributed by atoms with E-state index < -0.39 is 0 Å². The fourth-order valence-corrected chi connectivity index (χ4v) is 4.19. The molecule has 4 aromatic rings. The van der Waals surface area contributed by atoms with Crippen molar-refractivity contribution in [2.45, 2.75) is 31.6 Å². The van der Waals surface area contributed by atoms with Gasteiger partial charge in [0.1, 0.15) is 11.6 Å². The maximum atomic E-state index is 13.5. The van der Waals surface area contributed by atoms with E-state index in [2.05, 4.69) is 20.1 Å². The van der Waals surface area contributed by atoms with Crippen LogP contribution in [0.2, 0.25) is 0 Å². The van der Waals surface area contributed by atoms with Gasteiger partial charge in [0.05, 0.1) is 16.8 Å². The number of hydrogen-bond acceptors (Lipinski definition) is 6. The first kappa shape index (κ1) is 21.0. The van der Waals surface area contributed by atoms with Crippen LogP contribution in [0.4, 0.5) is 4.39 Å². The molecule has 0 aliphatic carbocycles. The normalized spacial score (nSPS) is 16.3. The molecule has 3 heterocycles. The second kappa shape index (κ2) is 8.93. The quantitative estimate of drug-likeness (QED) is 0.502. The molecule has 1 atom stereocenters. The number of fused-ring (bicyclic) bond motifs is 1. The van der Waals surface area contributed by atoms with Crippen molar-refractivity contribution >= 4 is 16.8 Å². The predicted molar refractivity (Wildman–Crippen MR) is 119 cm³/mol. The zero-order valence-corrected chi connectivity index (χ0v) is 17.8. The van der Waals surface area contributed by atoms with Gasteiger partial charge in [0.15, 0.2) is 0 Å². The Morgan fingerprint density at radius 1 is 1.18 bits per heavy atom. The number of halogens is 1. The van der Waals surface area contributed by atoms with Gasteiger partial charge in [0.2, 0.25) is 17.6 Å². The Morgan fingerprint density at radius 2 is 2.06 bits per heavy atom. The van der Waals surface area contributed by atoms with Gasteiger partial charge < -0.3 is 14.4 Å². The summed E-state index contributed by atoms with van der Waals surface area (Å²) in [6, 6.07) is 13.2. The Hall–Kier alpha value is -3.88. The molecule has 2 aromatic heterocycles. The van der Waals surface area contributed by atoms with Gasteiger partial charge in [-0.05, 0) is 37.1 Å². The molecule has 1 amide bonds. The average molecular weight is 447 g/mol. The topological polar surface area (TPSA) is 105 Å². The van der Waals surface area contributed by atoms with Gasteiger partial charge in [-0.1, -0.05) is 29.4 Å². The van der Waals surface area contributed by atoms with Gasteiger partial charge >= 0.3 is 0 Å². The smallest absolute Gasteiger partial charge is 0.258 e. The number of carbonyl (C=O) groups is 1. The number of nitrogens with one attached hydrogen (secondary N) is 1. The van der Waals surface area contributed by atoms with E-state index in [4.69, 9.17) is 4.52 Å². The molecule has 1 saturated heterocycles. The lowest BCUT2D eigenvalue weighted by Gasteiger charge is -2.31. The van der Waals surface area contributed by atoms with Crippen LogP contribution in [0.3, 0.4) is 0 Å². The van der Waals surface area contributed by atoms with Gasteiger partial charge in [-0.2, -0.15) is 4.98 Å². The molecule has 0 radical (unpaired) electrons. The van der Waals surface area contributed by atoms with Gasteiger partial charge in [0.25, 0.3) is 5.56 Å². The Labute approximate surface area is 188 Å². The fourth-order valence-electron chi connectivity index (χ4n) is 4.19. The van der Waals surface area contributed by atoms with Crippen molar-refractivity contribution in [1.82, 2.24) is 25.0 Å². The number of para-hydroxylation sites is 1. The molecule has 33 heavy (non-hydrogen) atoms. The summed E-state index contributed by atoms with van der Waals surface area (Å²) in [6.45, 7) is 1.13. The van der Waals surface area contributed by atoms with E-state index in [0.717, 1.165) is 12.8 Å². The number of nitrogens with zero attached hydrogens (tertiary/aromatic N) is 4. The molecule has 0 spiro atoms. The third-order valence-corrected chi connectivity index (χ3v) is 5.89. The van der Waals surface area contributed by atoms with Gasteiger partial charge in [-0.15, -0.1) is 0 Å². The maximum absolute atomic E-state index is 13.5. The van der Waals surface area contributed by atoms with E-state index in [1.54, 1.807) is 35.2 Å². The first-order valence-corrected chi connectivity index (χ1v) is 10.9. The Morgan fingerprint density at radius 3 is 2.94 bits per heavy atom. The van der Waals surface area contributed by atoms with E-state index in [0.29, 0.717) is 53.5 Å². The molecule has 168 valence electrons. The van der Waals surface area contributed by atoms with E-state index >= 15 is 0 Å². The molecular weight excluding hydrogens is 425 g/mol. The standard InChI is InChI=1S/C24H22FN5O3/c25-17-7-3-5-15(13-17)22-28-24(33-29-22)16-6-4-12-30(14-16)21(31)11-10-20-26-19-9-2-1-8-18(19)23(32)27-20/h1-3,5,7-9,13,16H,4,6,10-12,14H2,(H,26,27,32). The molecule has 1 aliphatic heterocycles. The number of rotatable bonds is 5. The van der Waals surface area contributed by atoms with Gasteiger partial charge in [0, 0.05) is 31.5 Å². The minimum absolute atomic E-state index is 0.0135. The number of carbonyl (C=O) groups excluding carboxylic acids is 1. The lowest BCUT2D eigenvalue weighted by Crippen LogP contribution is -2.39. The SMILES string of the molecule is O=C(CCc1nc2ccccc2c(=O)[nH]1)N1CCCC(c2nc(-c3cccc(F)c3)no2)C1. The third-order valence-electron chi connectivity index (χ3n) is 5.89. The number of aromatic nitrogens is 4. The summed E-state index contributed by atoms with van der Waals surface area (Å²) in [5.41, 5.74) is 0.962. The number of likely N-dealkylation sites (tertiary alicyclic amines) is 1. The van der Waals surface area contributed by atoms with Crippen molar-refractivity contribution in [3.63, 3.8) is 0 Å². The van der Waals surface area contributed by atoms with Gasteiger partial charge in [-0.25, -0.2) is 9.37 Å². The molecule has 0 saturated carbocycles. The van der Waals surface area contributed by atoms with Crippen LogP contribution < -0.4 is 5.56 Å². The maximum Gasteiger partial charge on any atom is 0.258 e. The van der Waals surface area contributed by atoms with Crippen molar-refractivity contribution < 1.29 is 13.7 Å². The zero-order valence-electron chi connectivity index (χ0n) is 17.8. The molecule has 2 aromatic carbocycles. The van der Waals surface area contributed by atoms with E-state index in [9.17, 15) is 14.0 Å². The van der Waals surface area contributed by atoms with Gasteiger partial charge in [-0.3, -0.25) is 9.59 Å². The molecule has 8 nitrogen and oxygen atoms in total. The van der Waals surface area contributed by atoms with E-state index in [1.807, 2.05) is 6.07 Å². The van der Waals surface area contributed by atoms with Crippen LogP contribution in [-0.4, -0.2) is 44.0 Å². The number of piperidine rings is 1. The molecule has 1 unspecified atom stereocenters. The second-order valence-corrected chi connectivity index (χ2v) is 8.18. The highest BCUT2D eigenvalue weighted by Gasteiger charge is 2.28. The van der Waals surface area contributed by atoms with E-state index in [-0.39, 0.29) is 29.6 Å². The lowest BCUT2D eigenvalue weighted by molar-refractivity contribution is -0.132. The largest absolute Gasteiger partial charge is 0.342 e. The number of benzene rings is 2.